The molecule has 0 bridgehead atoms. The minimum Gasteiger partial charge on any atom is -0.300 e. The molecule has 0 radical (unpaired) electrons. The van der Waals surface area contributed by atoms with E-state index in [2.05, 4.69) is 17.1 Å². The SMILES string of the molecule is CC(C)Cn1c(C2CCC(C)CC2)nnc1S(N)(=O)=O. The molecule has 1 aliphatic rings. The third-order valence-electron chi connectivity index (χ3n) is 3.93. The van der Waals surface area contributed by atoms with Crippen LogP contribution in [0.3, 0.4) is 0 Å². The van der Waals surface area contributed by atoms with Gasteiger partial charge in [-0.1, -0.05) is 33.6 Å². The number of hydrogen-bond acceptors (Lipinski definition) is 4. The number of nitrogens with zero attached hydrogens (tertiary/aromatic N) is 3. The van der Waals surface area contributed by atoms with Gasteiger partial charge in [0.25, 0.3) is 15.2 Å². The van der Waals surface area contributed by atoms with Gasteiger partial charge in [-0.15, -0.1) is 10.2 Å². The fourth-order valence-electron chi connectivity index (χ4n) is 2.87. The highest BCUT2D eigenvalue weighted by Crippen LogP contribution is 2.35. The molecule has 0 spiro atoms. The van der Waals surface area contributed by atoms with E-state index in [9.17, 15) is 8.42 Å². The molecule has 1 saturated carbocycles. The fraction of sp³-hybridized carbons (Fsp3) is 0.846. The van der Waals surface area contributed by atoms with Crippen molar-refractivity contribution in [1.82, 2.24) is 14.8 Å². The summed E-state index contributed by atoms with van der Waals surface area (Å²) >= 11 is 0. The van der Waals surface area contributed by atoms with E-state index in [-0.39, 0.29) is 5.16 Å². The molecule has 0 saturated heterocycles. The first-order valence-corrected chi connectivity index (χ1v) is 8.79. The summed E-state index contributed by atoms with van der Waals surface area (Å²) < 4.78 is 25.0. The van der Waals surface area contributed by atoms with Gasteiger partial charge in [-0.05, 0) is 24.7 Å². The van der Waals surface area contributed by atoms with Crippen molar-refractivity contribution in [1.29, 1.82) is 0 Å². The van der Waals surface area contributed by atoms with E-state index in [0.717, 1.165) is 37.4 Å². The lowest BCUT2D eigenvalue weighted by molar-refractivity contribution is 0.327. The molecule has 0 amide bonds. The molecule has 6 nitrogen and oxygen atoms in total. The van der Waals surface area contributed by atoms with Crippen LogP contribution in [-0.2, 0) is 16.6 Å². The van der Waals surface area contributed by atoms with Gasteiger partial charge in [-0.2, -0.15) is 0 Å². The number of sulfonamides is 1. The van der Waals surface area contributed by atoms with Crippen LogP contribution in [0.2, 0.25) is 0 Å². The predicted molar refractivity (Wildman–Crippen MR) is 76.6 cm³/mol. The van der Waals surface area contributed by atoms with E-state index in [1.807, 2.05) is 13.8 Å². The zero-order valence-electron chi connectivity index (χ0n) is 12.4. The number of aromatic nitrogens is 3. The summed E-state index contributed by atoms with van der Waals surface area (Å²) in [5, 5.41) is 13.1. The van der Waals surface area contributed by atoms with E-state index in [0.29, 0.717) is 18.4 Å². The second-order valence-electron chi connectivity index (χ2n) is 6.35. The lowest BCUT2D eigenvalue weighted by atomic mass is 9.82. The van der Waals surface area contributed by atoms with Crippen LogP contribution in [0.4, 0.5) is 0 Å². The first kappa shape index (κ1) is 15.4. The molecule has 0 aromatic carbocycles. The number of nitrogens with two attached hydrogens (primary N) is 1. The molecule has 114 valence electrons. The molecule has 0 unspecified atom stereocenters. The molecule has 1 aliphatic carbocycles. The molecule has 20 heavy (non-hydrogen) atoms. The van der Waals surface area contributed by atoms with Crippen molar-refractivity contribution < 1.29 is 8.42 Å². The van der Waals surface area contributed by atoms with Gasteiger partial charge in [-0.3, -0.25) is 0 Å². The Morgan fingerprint density at radius 3 is 2.35 bits per heavy atom. The number of rotatable bonds is 4. The quantitative estimate of drug-likeness (QED) is 0.919. The number of hydrogen-bond donors (Lipinski definition) is 1. The predicted octanol–water partition coefficient (Wildman–Crippen LogP) is 1.88. The van der Waals surface area contributed by atoms with Gasteiger partial charge >= 0.3 is 0 Å². The van der Waals surface area contributed by atoms with Crippen molar-refractivity contribution in [3.63, 3.8) is 0 Å². The Kier molecular flexibility index (Phi) is 4.49. The maximum atomic E-state index is 11.6. The molecule has 1 fully saturated rings. The van der Waals surface area contributed by atoms with E-state index < -0.39 is 10.0 Å². The van der Waals surface area contributed by atoms with Crippen LogP contribution in [-0.4, -0.2) is 23.2 Å². The third-order valence-corrected chi connectivity index (χ3v) is 4.74. The van der Waals surface area contributed by atoms with Crippen molar-refractivity contribution in [2.45, 2.75) is 64.1 Å². The second kappa shape index (κ2) is 5.81. The van der Waals surface area contributed by atoms with E-state index in [1.54, 1.807) is 4.57 Å². The Morgan fingerprint density at radius 1 is 1.25 bits per heavy atom. The zero-order valence-corrected chi connectivity index (χ0v) is 13.2. The van der Waals surface area contributed by atoms with Crippen LogP contribution in [0, 0.1) is 11.8 Å². The fourth-order valence-corrected chi connectivity index (χ4v) is 3.50. The van der Waals surface area contributed by atoms with Crippen molar-refractivity contribution in [2.75, 3.05) is 0 Å². The minimum absolute atomic E-state index is 0.0974. The summed E-state index contributed by atoms with van der Waals surface area (Å²) in [4.78, 5) is 0. The Bertz CT molecular complexity index is 557. The van der Waals surface area contributed by atoms with E-state index in [1.165, 1.54) is 0 Å². The maximum absolute atomic E-state index is 11.6. The topological polar surface area (TPSA) is 90.9 Å². The largest absolute Gasteiger partial charge is 0.300 e. The lowest BCUT2D eigenvalue weighted by Crippen LogP contribution is -2.23. The van der Waals surface area contributed by atoms with Crippen molar-refractivity contribution in [3.05, 3.63) is 5.82 Å². The summed E-state index contributed by atoms with van der Waals surface area (Å²) in [5.41, 5.74) is 0. The van der Waals surface area contributed by atoms with Gasteiger partial charge in [0.2, 0.25) is 0 Å². The van der Waals surface area contributed by atoms with Crippen LogP contribution < -0.4 is 5.14 Å². The number of primary sulfonamides is 1. The van der Waals surface area contributed by atoms with Gasteiger partial charge in [0.05, 0.1) is 0 Å². The first-order chi connectivity index (χ1) is 9.29. The normalized spacial score (nSPS) is 24.2. The van der Waals surface area contributed by atoms with Gasteiger partial charge in [0.1, 0.15) is 5.82 Å². The summed E-state index contributed by atoms with van der Waals surface area (Å²) in [6, 6.07) is 0. The molecule has 2 N–H and O–H groups in total. The lowest BCUT2D eigenvalue weighted by Gasteiger charge is -2.26. The van der Waals surface area contributed by atoms with Crippen molar-refractivity contribution in [3.8, 4) is 0 Å². The summed E-state index contributed by atoms with van der Waals surface area (Å²) in [6.45, 7) is 6.92. The van der Waals surface area contributed by atoms with Gasteiger partial charge in [0, 0.05) is 12.5 Å². The van der Waals surface area contributed by atoms with Gasteiger partial charge in [0.15, 0.2) is 0 Å². The van der Waals surface area contributed by atoms with Gasteiger partial charge < -0.3 is 4.57 Å². The third kappa shape index (κ3) is 3.38. The monoisotopic (exact) mass is 300 g/mol. The average molecular weight is 300 g/mol. The molecule has 1 aromatic rings. The highest BCUT2D eigenvalue weighted by Gasteiger charge is 2.28. The van der Waals surface area contributed by atoms with Gasteiger partial charge in [-0.25, -0.2) is 13.6 Å². The highest BCUT2D eigenvalue weighted by atomic mass is 32.2. The van der Waals surface area contributed by atoms with E-state index in [4.69, 9.17) is 5.14 Å². The van der Waals surface area contributed by atoms with Crippen LogP contribution in [0.15, 0.2) is 5.16 Å². The van der Waals surface area contributed by atoms with E-state index >= 15 is 0 Å². The summed E-state index contributed by atoms with van der Waals surface area (Å²) in [7, 11) is -3.82. The molecule has 7 heteroatoms. The molecule has 1 heterocycles. The summed E-state index contributed by atoms with van der Waals surface area (Å²) in [6.07, 6.45) is 4.40. The molecule has 1 aromatic heterocycles. The van der Waals surface area contributed by atoms with Crippen molar-refractivity contribution in [2.24, 2.45) is 17.0 Å². The molecular formula is C13H24N4O2S. The van der Waals surface area contributed by atoms with Crippen LogP contribution >= 0.6 is 0 Å². The van der Waals surface area contributed by atoms with Crippen LogP contribution in [0.5, 0.6) is 0 Å². The minimum atomic E-state index is -3.82. The highest BCUT2D eigenvalue weighted by molar-refractivity contribution is 7.89. The first-order valence-electron chi connectivity index (χ1n) is 7.25. The molecule has 0 aliphatic heterocycles. The summed E-state index contributed by atoms with van der Waals surface area (Å²) in [5.74, 6) is 2.14. The van der Waals surface area contributed by atoms with Crippen molar-refractivity contribution >= 4 is 10.0 Å². The zero-order chi connectivity index (χ0) is 14.9. The Morgan fingerprint density at radius 2 is 1.85 bits per heavy atom. The Balaban J connectivity index is 2.35. The molecule has 0 atom stereocenters. The standard InChI is InChI=1S/C13H24N4O2S/c1-9(2)8-17-12(11-6-4-10(3)5-7-11)15-16-13(17)20(14,18)19/h9-11H,4-8H2,1-3H3,(H2,14,18,19). The molecular weight excluding hydrogens is 276 g/mol. The van der Waals surface area contributed by atoms with Crippen LogP contribution in [0.1, 0.15) is 58.2 Å². The molecule has 2 rings (SSSR count). The maximum Gasteiger partial charge on any atom is 0.273 e. The smallest absolute Gasteiger partial charge is 0.273 e. The Labute approximate surface area is 120 Å². The second-order valence-corrected chi connectivity index (χ2v) is 7.80. The average Bonchev–Trinajstić information content (AvgIpc) is 2.72. The Hall–Kier alpha value is -0.950. The van der Waals surface area contributed by atoms with Crippen LogP contribution in [0.25, 0.3) is 0 Å².